The molecule has 42 valence electrons. The summed E-state index contributed by atoms with van der Waals surface area (Å²) >= 11 is 0.757. The summed E-state index contributed by atoms with van der Waals surface area (Å²) in [5, 5.41) is 0. The first-order chi connectivity index (χ1) is 2.81. The molecule has 0 bridgehead atoms. The average Bonchev–Trinajstić information content (AvgIpc) is 1.65. The Morgan fingerprint density at radius 2 is 2.14 bits per heavy atom. The normalized spacial score (nSPS) is 12.3. The molecule has 0 heterocycles. The third-order valence-electron chi connectivity index (χ3n) is 0.664. The van der Waals surface area contributed by atoms with Gasteiger partial charge in [-0.15, -0.1) is 0 Å². The Morgan fingerprint density at radius 3 is 2.14 bits per heavy atom. The van der Waals surface area contributed by atoms with Crippen molar-refractivity contribution in [3.05, 3.63) is 0 Å². The van der Waals surface area contributed by atoms with Gasteiger partial charge in [-0.2, -0.15) is 0 Å². The van der Waals surface area contributed by atoms with E-state index < -0.39 is 0 Å². The van der Waals surface area contributed by atoms with Crippen molar-refractivity contribution in [3.8, 4) is 0 Å². The number of methoxy groups -OCH3 is 1. The fourth-order valence-electron chi connectivity index (χ4n) is 0.0962. The van der Waals surface area contributed by atoms with E-state index in [1.807, 2.05) is 6.92 Å². The molecule has 0 rings (SSSR count). The fourth-order valence-corrected chi connectivity index (χ4v) is 0.289. The summed E-state index contributed by atoms with van der Waals surface area (Å²) < 4.78 is 9.53. The molecule has 7 heavy (non-hydrogen) atoms. The van der Waals surface area contributed by atoms with Gasteiger partial charge in [-0.25, -0.2) is 0 Å². The van der Waals surface area contributed by atoms with Gasteiger partial charge in [-0.1, -0.05) is 0 Å². The quantitative estimate of drug-likeness (QED) is 0.368. The Labute approximate surface area is 77.6 Å². The van der Waals surface area contributed by atoms with Crippen LogP contribution in [0.25, 0.3) is 0 Å². The van der Waals surface area contributed by atoms with Crippen LogP contribution in [-0.4, -0.2) is 59.6 Å². The Morgan fingerprint density at radius 1 is 1.71 bits per heavy atom. The van der Waals surface area contributed by atoms with E-state index in [1.54, 1.807) is 7.11 Å². The van der Waals surface area contributed by atoms with Gasteiger partial charge in [0.25, 0.3) is 0 Å². The first kappa shape index (κ1) is 11.3. The first-order valence-corrected chi connectivity index (χ1v) is 2.68. The van der Waals surface area contributed by atoms with Gasteiger partial charge in [0.15, 0.2) is 0 Å². The number of hydrogen-bond acceptors (Lipinski definition) is 2. The van der Waals surface area contributed by atoms with E-state index in [9.17, 15) is 0 Å². The van der Waals surface area contributed by atoms with E-state index in [-0.39, 0.29) is 38.7 Å². The third kappa shape index (κ3) is 7.45. The maximum atomic E-state index is 4.82. The number of rotatable bonds is 2. The van der Waals surface area contributed by atoms with Crippen LogP contribution in [0, 0.1) is 0 Å². The van der Waals surface area contributed by atoms with Crippen LogP contribution in [0.3, 0.4) is 0 Å². The Bertz CT molecular complexity index is 39.0. The molecule has 1 atom stereocenters. The zero-order valence-corrected chi connectivity index (χ0v) is 6.39. The molecule has 0 spiro atoms. The summed E-state index contributed by atoms with van der Waals surface area (Å²) in [5.41, 5.74) is 0. The second-order valence-electron chi connectivity index (χ2n) is 1.04. The third-order valence-corrected chi connectivity index (χ3v) is 1.33. The van der Waals surface area contributed by atoms with E-state index >= 15 is 0 Å². The molecule has 0 amide bonds. The van der Waals surface area contributed by atoms with Crippen molar-refractivity contribution < 1.29 is 11.4 Å². The molecule has 0 aromatic heterocycles. The van der Waals surface area contributed by atoms with Crippen LogP contribution in [0.2, 0.25) is 0 Å². The van der Waals surface area contributed by atoms with Crippen molar-refractivity contribution in [1.82, 2.24) is 0 Å². The standard InChI is InChI=1S/C3H7O2.Al.Na.2H2.3H/c1-3(4)5-2;;;;;;;/h3H,1-2H3;;;2*1H;;;/q-1;+1;;;;;;. The molecular weight excluding hydrogens is 118 g/mol. The van der Waals surface area contributed by atoms with Gasteiger partial charge in [0.2, 0.25) is 0 Å². The molecule has 0 saturated heterocycles. The minimum absolute atomic E-state index is 0. The Balaban J connectivity index is -0.0000000417. The molecule has 0 radical (unpaired) electrons. The van der Waals surface area contributed by atoms with Crippen LogP contribution in [-0.2, 0) is 8.53 Å². The predicted molar refractivity (Wildman–Crippen MR) is 37.5 cm³/mol. The minimum atomic E-state index is -0.00309. The van der Waals surface area contributed by atoms with Crippen molar-refractivity contribution in [1.29, 1.82) is 0 Å². The van der Waals surface area contributed by atoms with E-state index in [0.717, 1.165) is 16.6 Å². The SMILES string of the molecule is COC(C)[O][AlH2].[HH].[HH].[NaH]. The monoisotopic (exact) mass is 132 g/mol. The summed E-state index contributed by atoms with van der Waals surface area (Å²) in [4.78, 5) is 0. The van der Waals surface area contributed by atoms with Crippen molar-refractivity contribution in [2.24, 2.45) is 0 Å². The Hall–Kier alpha value is 1.45. The van der Waals surface area contributed by atoms with Gasteiger partial charge in [0.05, 0.1) is 0 Å². The number of hydrogen-bond donors (Lipinski definition) is 0. The van der Waals surface area contributed by atoms with Crippen LogP contribution < -0.4 is 0 Å². The average molecular weight is 132 g/mol. The molecule has 0 aromatic rings. The molecule has 0 aliphatic carbocycles. The first-order valence-electron chi connectivity index (χ1n) is 1.87. The van der Waals surface area contributed by atoms with Gasteiger partial charge >= 0.3 is 46.2 Å². The Kier molecular flexibility index (Phi) is 12.0. The number of ether oxygens (including phenoxy) is 1. The second kappa shape index (κ2) is 7.45. The molecule has 0 aliphatic heterocycles. The summed E-state index contributed by atoms with van der Waals surface area (Å²) in [7, 11) is 1.63. The van der Waals surface area contributed by atoms with Gasteiger partial charge < -0.3 is 8.53 Å². The zero-order valence-electron chi connectivity index (χ0n) is 4.39. The maximum absolute atomic E-state index is 4.82. The van der Waals surface area contributed by atoms with Gasteiger partial charge in [0, 0.05) is 9.96 Å². The molecule has 0 N–H and O–H groups in total. The van der Waals surface area contributed by atoms with Gasteiger partial charge in [0.1, 0.15) is 6.29 Å². The van der Waals surface area contributed by atoms with Crippen molar-refractivity contribution >= 4 is 46.2 Å². The predicted octanol–water partition coefficient (Wildman–Crippen LogP) is -0.613. The van der Waals surface area contributed by atoms with Crippen LogP contribution in [0.5, 0.6) is 0 Å². The molecule has 0 saturated carbocycles. The van der Waals surface area contributed by atoms with E-state index in [1.165, 1.54) is 0 Å². The molecular formula is C3H14AlNaO2. The summed E-state index contributed by atoms with van der Waals surface area (Å²) in [5.74, 6) is 0. The van der Waals surface area contributed by atoms with Gasteiger partial charge in [-0.05, 0) is 6.92 Å². The van der Waals surface area contributed by atoms with E-state index in [0.29, 0.717) is 0 Å². The summed E-state index contributed by atoms with van der Waals surface area (Å²) in [6, 6.07) is 0. The van der Waals surface area contributed by atoms with Crippen molar-refractivity contribution in [3.63, 3.8) is 0 Å². The van der Waals surface area contributed by atoms with Crippen molar-refractivity contribution in [2.45, 2.75) is 13.2 Å². The summed E-state index contributed by atoms with van der Waals surface area (Å²) in [6.45, 7) is 1.87. The summed E-state index contributed by atoms with van der Waals surface area (Å²) in [6.07, 6.45) is -0.00309. The topological polar surface area (TPSA) is 18.5 Å². The van der Waals surface area contributed by atoms with Crippen molar-refractivity contribution in [2.75, 3.05) is 7.11 Å². The van der Waals surface area contributed by atoms with Crippen LogP contribution >= 0.6 is 0 Å². The molecule has 0 aliphatic rings. The van der Waals surface area contributed by atoms with Crippen LogP contribution in [0.1, 0.15) is 9.78 Å². The van der Waals surface area contributed by atoms with E-state index in [2.05, 4.69) is 0 Å². The second-order valence-corrected chi connectivity index (χ2v) is 1.51. The zero-order chi connectivity index (χ0) is 4.99. The molecule has 4 heteroatoms. The van der Waals surface area contributed by atoms with E-state index in [4.69, 9.17) is 8.53 Å². The molecule has 0 fully saturated rings. The van der Waals surface area contributed by atoms with Gasteiger partial charge in [-0.3, -0.25) is 0 Å². The molecule has 0 aromatic carbocycles. The molecule has 2 nitrogen and oxygen atoms in total. The van der Waals surface area contributed by atoms with Crippen LogP contribution in [0.15, 0.2) is 0 Å². The van der Waals surface area contributed by atoms with Crippen LogP contribution in [0.4, 0.5) is 0 Å². The molecule has 1 unspecified atom stereocenters. The fraction of sp³-hybridized carbons (Fsp3) is 1.00.